The maximum atomic E-state index is 12.0. The van der Waals surface area contributed by atoms with Crippen LogP contribution in [0.3, 0.4) is 0 Å². The molecule has 0 spiro atoms. The van der Waals surface area contributed by atoms with Gasteiger partial charge in [0.15, 0.2) is 31.5 Å². The molecule has 0 unspecified atom stereocenters. The second kappa shape index (κ2) is 24.6. The standard InChI is InChI=1S/C36H62N2O28/c1-10(46)38-17-22(51)18(47)12(3-40)58-32(17)64-29-19(48)13(4-41)60-35(25(29)54)66-31-21(50)15(6-43)61-36(27(31)56)65-30-20(49)14(5-42)59-34(26(30)55)63-28-16(7-44)62-33(24(53)23(28)52)57-8-11(2-39)37-9-45/h9,11-36,39-44,47-56H,2-8H2,1H3,(H,37,45)(H,38,46)/t11-,12-,13-,14-,15-,16-,17-,18+,19+,20+,21+,22-,23-,24-,25-,26-,27-,28-,29+,30+,31+,32+,33-,34+,35-,36-/m1/s1. The van der Waals surface area contributed by atoms with Crippen LogP contribution in [0.5, 0.6) is 0 Å². The number of carbonyl (C=O) groups excluding carboxylic acids is 2. The molecule has 0 radical (unpaired) electrons. The quantitative estimate of drug-likeness (QED) is 0.0504. The topological polar surface area (TPSA) is 474 Å². The lowest BCUT2D eigenvalue weighted by atomic mass is 9.94. The number of ether oxygens (including phenoxy) is 10. The number of hydrogen-bond donors (Lipinski definition) is 18. The van der Waals surface area contributed by atoms with Crippen LogP contribution in [-0.4, -0.2) is 300 Å². The Labute approximate surface area is 374 Å². The van der Waals surface area contributed by atoms with E-state index in [1.165, 1.54) is 0 Å². The van der Waals surface area contributed by atoms with Gasteiger partial charge in [0.2, 0.25) is 12.3 Å². The summed E-state index contributed by atoms with van der Waals surface area (Å²) in [5.74, 6) is -0.740. The third-order valence-corrected chi connectivity index (χ3v) is 11.7. The van der Waals surface area contributed by atoms with E-state index >= 15 is 0 Å². The first-order chi connectivity index (χ1) is 31.4. The van der Waals surface area contributed by atoms with Gasteiger partial charge in [-0.15, -0.1) is 0 Å². The monoisotopic (exact) mass is 970 g/mol. The van der Waals surface area contributed by atoms with Gasteiger partial charge in [-0.2, -0.15) is 0 Å². The largest absolute Gasteiger partial charge is 0.394 e. The zero-order valence-corrected chi connectivity index (χ0v) is 35.1. The summed E-state index contributed by atoms with van der Waals surface area (Å²) in [5.41, 5.74) is 0. The average molecular weight is 971 g/mol. The second-order valence-corrected chi connectivity index (χ2v) is 16.2. The number of aliphatic hydroxyl groups excluding tert-OH is 16. The van der Waals surface area contributed by atoms with E-state index in [-0.39, 0.29) is 6.41 Å². The first-order valence-corrected chi connectivity index (χ1v) is 20.8. The molecule has 2 amide bonds. The van der Waals surface area contributed by atoms with Crippen molar-refractivity contribution in [1.82, 2.24) is 10.6 Å². The maximum absolute atomic E-state index is 12.0. The molecule has 26 atom stereocenters. The Bertz CT molecular complexity index is 1490. The highest BCUT2D eigenvalue weighted by molar-refractivity contribution is 5.73. The van der Waals surface area contributed by atoms with Crippen LogP contribution >= 0.6 is 0 Å². The number of carbonyl (C=O) groups is 2. The molecule has 30 nitrogen and oxygen atoms in total. The van der Waals surface area contributed by atoms with Gasteiger partial charge in [0.25, 0.3) is 0 Å². The number of amides is 2. The summed E-state index contributed by atoms with van der Waals surface area (Å²) >= 11 is 0. The lowest BCUT2D eigenvalue weighted by Crippen LogP contribution is -2.69. The minimum absolute atomic E-state index is 0.283. The van der Waals surface area contributed by atoms with Crippen LogP contribution in [-0.2, 0) is 57.0 Å². The van der Waals surface area contributed by atoms with E-state index in [1.807, 2.05) is 0 Å². The minimum atomic E-state index is -2.22. The van der Waals surface area contributed by atoms with Gasteiger partial charge in [-0.1, -0.05) is 0 Å². The van der Waals surface area contributed by atoms with Gasteiger partial charge in [0.1, 0.15) is 122 Å². The van der Waals surface area contributed by atoms with E-state index in [2.05, 4.69) is 10.6 Å². The van der Waals surface area contributed by atoms with E-state index in [4.69, 9.17) is 47.4 Å². The molecule has 384 valence electrons. The van der Waals surface area contributed by atoms with Crippen molar-refractivity contribution in [2.45, 2.75) is 166 Å². The second-order valence-electron chi connectivity index (χ2n) is 16.2. The molecule has 0 saturated carbocycles. The predicted molar refractivity (Wildman–Crippen MR) is 202 cm³/mol. The van der Waals surface area contributed by atoms with Crippen molar-refractivity contribution < 1.29 is 139 Å². The SMILES string of the molecule is CC(=O)N[C@H]1[C@H](O[C@H]2[C@@H](O)[C@@H](CO)O[C@H](O[C@H]3[C@@H](O)[C@@H](CO)O[C@H](O[C@H]4[C@@H](O)[C@@H](CO)O[C@@H](O[C@H]5[C@H](O)[C@@H](O)[C@H](OC[C@@H](CO)NC=O)O[C@@H]5CO)[C@@H]4O)[C@@H]3O)[C@@H]2O)O[C@H](CO)[C@H](O)[C@@H]1O. The van der Waals surface area contributed by atoms with Crippen LogP contribution in [0.2, 0.25) is 0 Å². The zero-order valence-electron chi connectivity index (χ0n) is 35.1. The van der Waals surface area contributed by atoms with Gasteiger partial charge in [0, 0.05) is 6.92 Å². The van der Waals surface area contributed by atoms with E-state index < -0.39 is 212 Å². The van der Waals surface area contributed by atoms with Crippen LogP contribution < -0.4 is 10.6 Å². The summed E-state index contributed by atoms with van der Waals surface area (Å²) in [5, 5.41) is 175. The number of hydrogen-bond acceptors (Lipinski definition) is 28. The Morgan fingerprint density at radius 2 is 0.864 bits per heavy atom. The molecular weight excluding hydrogens is 908 g/mol. The third-order valence-electron chi connectivity index (χ3n) is 11.7. The fourth-order valence-electron chi connectivity index (χ4n) is 8.00. The molecule has 5 aliphatic rings. The Morgan fingerprint density at radius 1 is 0.485 bits per heavy atom. The Hall–Kier alpha value is -2.10. The average Bonchev–Trinajstić information content (AvgIpc) is 3.30. The van der Waals surface area contributed by atoms with E-state index in [0.717, 1.165) is 6.92 Å². The summed E-state index contributed by atoms with van der Waals surface area (Å²) in [7, 11) is 0. The Balaban J connectivity index is 1.33. The molecule has 0 aromatic heterocycles. The summed E-state index contributed by atoms with van der Waals surface area (Å²) in [6, 6.07) is -2.51. The normalized spacial score (nSPS) is 47.2. The van der Waals surface area contributed by atoms with Crippen molar-refractivity contribution in [2.75, 3.05) is 46.2 Å². The number of aliphatic hydroxyl groups is 16. The molecule has 0 aromatic carbocycles. The van der Waals surface area contributed by atoms with Crippen LogP contribution in [0.25, 0.3) is 0 Å². The van der Waals surface area contributed by atoms with Gasteiger partial charge in [-0.05, 0) is 0 Å². The molecule has 5 aliphatic heterocycles. The van der Waals surface area contributed by atoms with Crippen molar-refractivity contribution in [3.05, 3.63) is 0 Å². The van der Waals surface area contributed by atoms with Crippen molar-refractivity contribution in [1.29, 1.82) is 0 Å². The van der Waals surface area contributed by atoms with Crippen molar-refractivity contribution in [3.63, 3.8) is 0 Å². The molecule has 5 heterocycles. The fourth-order valence-corrected chi connectivity index (χ4v) is 8.00. The first kappa shape index (κ1) is 54.8. The Kier molecular flexibility index (Phi) is 20.5. The van der Waals surface area contributed by atoms with Gasteiger partial charge in [0.05, 0.1) is 52.3 Å². The lowest BCUT2D eigenvalue weighted by Gasteiger charge is -2.50. The molecule has 18 N–H and O–H groups in total. The van der Waals surface area contributed by atoms with Crippen LogP contribution in [0.1, 0.15) is 6.92 Å². The van der Waals surface area contributed by atoms with Crippen molar-refractivity contribution >= 4 is 12.3 Å². The molecule has 5 saturated heterocycles. The lowest BCUT2D eigenvalue weighted by molar-refractivity contribution is -0.394. The van der Waals surface area contributed by atoms with Crippen LogP contribution in [0.4, 0.5) is 0 Å². The highest BCUT2D eigenvalue weighted by Gasteiger charge is 2.57. The number of rotatable bonds is 20. The van der Waals surface area contributed by atoms with E-state index in [9.17, 15) is 91.3 Å². The maximum Gasteiger partial charge on any atom is 0.217 e. The van der Waals surface area contributed by atoms with Crippen LogP contribution in [0.15, 0.2) is 0 Å². The smallest absolute Gasteiger partial charge is 0.217 e. The molecule has 5 fully saturated rings. The summed E-state index contributed by atoms with van der Waals surface area (Å²) < 4.78 is 56.1. The molecular formula is C36H62N2O28. The molecule has 5 rings (SSSR count). The van der Waals surface area contributed by atoms with Gasteiger partial charge in [-0.25, -0.2) is 0 Å². The van der Waals surface area contributed by atoms with E-state index in [1.54, 1.807) is 0 Å². The third kappa shape index (κ3) is 12.1. The van der Waals surface area contributed by atoms with Gasteiger partial charge >= 0.3 is 0 Å². The van der Waals surface area contributed by atoms with Gasteiger partial charge < -0.3 is 140 Å². The summed E-state index contributed by atoms with van der Waals surface area (Å²) in [6.07, 6.45) is -44.9. The molecule has 30 heteroatoms. The molecule has 0 aliphatic carbocycles. The zero-order chi connectivity index (χ0) is 48.7. The summed E-state index contributed by atoms with van der Waals surface area (Å²) in [4.78, 5) is 22.8. The first-order valence-electron chi connectivity index (χ1n) is 20.8. The molecule has 0 bridgehead atoms. The van der Waals surface area contributed by atoms with Gasteiger partial charge in [-0.3, -0.25) is 9.59 Å². The number of nitrogens with one attached hydrogen (secondary N) is 2. The molecule has 0 aromatic rings. The fraction of sp³-hybridized carbons (Fsp3) is 0.944. The van der Waals surface area contributed by atoms with E-state index in [0.29, 0.717) is 0 Å². The predicted octanol–water partition coefficient (Wildman–Crippen LogP) is -12.6. The minimum Gasteiger partial charge on any atom is -0.394 e. The summed E-state index contributed by atoms with van der Waals surface area (Å²) in [6.45, 7) is -4.67. The van der Waals surface area contributed by atoms with Crippen LogP contribution in [0, 0.1) is 0 Å². The van der Waals surface area contributed by atoms with Crippen molar-refractivity contribution in [2.24, 2.45) is 0 Å². The highest BCUT2D eigenvalue weighted by Crippen LogP contribution is 2.36. The van der Waals surface area contributed by atoms with Crippen molar-refractivity contribution in [3.8, 4) is 0 Å². The Morgan fingerprint density at radius 3 is 1.26 bits per heavy atom. The highest BCUT2D eigenvalue weighted by atomic mass is 16.8. The molecule has 66 heavy (non-hydrogen) atoms.